The van der Waals surface area contributed by atoms with E-state index < -0.39 is 0 Å². The van der Waals surface area contributed by atoms with Gasteiger partial charge in [-0.05, 0) is 92.5 Å². The van der Waals surface area contributed by atoms with Crippen LogP contribution in [0.2, 0.25) is 0 Å². The third-order valence-electron chi connectivity index (χ3n) is 4.84. The van der Waals surface area contributed by atoms with Gasteiger partial charge in [-0.15, -0.1) is 11.8 Å². The van der Waals surface area contributed by atoms with Crippen LogP contribution in [0.4, 0.5) is 0 Å². The number of rotatable bonds is 7. The molecule has 136 valence electrons. The van der Waals surface area contributed by atoms with E-state index in [9.17, 15) is 0 Å². The molecule has 0 bridgehead atoms. The number of thioether (sulfide) groups is 1. The highest BCUT2D eigenvalue weighted by Gasteiger charge is 2.16. The Morgan fingerprint density at radius 2 is 2.00 bits per heavy atom. The van der Waals surface area contributed by atoms with Gasteiger partial charge in [0.1, 0.15) is 0 Å². The van der Waals surface area contributed by atoms with Crippen molar-refractivity contribution in [1.29, 1.82) is 0 Å². The zero-order valence-electron chi connectivity index (χ0n) is 16.4. The molecule has 2 heterocycles. The smallest absolute Gasteiger partial charge is 0.0293 e. The summed E-state index contributed by atoms with van der Waals surface area (Å²) in [5, 5.41) is 0. The summed E-state index contributed by atoms with van der Waals surface area (Å²) in [6.07, 6.45) is 15.4. The van der Waals surface area contributed by atoms with Gasteiger partial charge in [-0.3, -0.25) is 4.90 Å². The average molecular weight is 356 g/mol. The molecule has 1 fully saturated rings. The summed E-state index contributed by atoms with van der Waals surface area (Å²) < 4.78 is 0. The minimum absolute atomic E-state index is 1.05. The molecule has 0 unspecified atom stereocenters. The van der Waals surface area contributed by atoms with Crippen LogP contribution in [-0.2, 0) is 0 Å². The van der Waals surface area contributed by atoms with Gasteiger partial charge in [-0.2, -0.15) is 0 Å². The van der Waals surface area contributed by atoms with E-state index in [0.29, 0.717) is 0 Å². The SMILES string of the molecule is C=C(C)C(=C\C(=C/CC)C1=CCSC(CN2CCCC2)=C1)/C(C)=C\C. The third-order valence-corrected chi connectivity index (χ3v) is 5.79. The second-order valence-corrected chi connectivity index (χ2v) is 8.09. The van der Waals surface area contributed by atoms with Crippen molar-refractivity contribution in [2.75, 3.05) is 25.4 Å². The summed E-state index contributed by atoms with van der Waals surface area (Å²) in [6, 6.07) is 0. The van der Waals surface area contributed by atoms with E-state index in [0.717, 1.165) is 24.3 Å². The van der Waals surface area contributed by atoms with Crippen LogP contribution < -0.4 is 0 Å². The molecule has 0 saturated carbocycles. The van der Waals surface area contributed by atoms with E-state index in [-0.39, 0.29) is 0 Å². The van der Waals surface area contributed by atoms with Crippen LogP contribution in [0.15, 0.2) is 69.7 Å². The maximum atomic E-state index is 4.18. The van der Waals surface area contributed by atoms with Gasteiger partial charge in [0.05, 0.1) is 0 Å². The molecule has 0 aromatic carbocycles. The molecule has 0 amide bonds. The number of hydrogen-bond donors (Lipinski definition) is 0. The summed E-state index contributed by atoms with van der Waals surface area (Å²) >= 11 is 1.99. The Hall–Kier alpha value is -1.25. The van der Waals surface area contributed by atoms with Crippen LogP contribution in [0.3, 0.4) is 0 Å². The van der Waals surface area contributed by atoms with E-state index in [1.54, 1.807) is 0 Å². The first-order valence-corrected chi connectivity index (χ1v) is 10.5. The third kappa shape index (κ3) is 5.90. The van der Waals surface area contributed by atoms with Crippen LogP contribution >= 0.6 is 11.8 Å². The Labute approximate surface area is 159 Å². The molecular weight excluding hydrogens is 322 g/mol. The van der Waals surface area contributed by atoms with Crippen molar-refractivity contribution in [3.63, 3.8) is 0 Å². The first-order valence-electron chi connectivity index (χ1n) is 9.52. The Morgan fingerprint density at radius 3 is 2.60 bits per heavy atom. The first-order chi connectivity index (χ1) is 12.0. The second-order valence-electron chi connectivity index (χ2n) is 6.94. The monoisotopic (exact) mass is 355 g/mol. The van der Waals surface area contributed by atoms with Crippen LogP contribution in [0, 0.1) is 0 Å². The summed E-state index contributed by atoms with van der Waals surface area (Å²) in [7, 11) is 0. The molecular formula is C23H33NS. The lowest BCUT2D eigenvalue weighted by molar-refractivity contribution is 0.375. The summed E-state index contributed by atoms with van der Waals surface area (Å²) in [4.78, 5) is 4.10. The fraction of sp³-hybridized carbons (Fsp3) is 0.478. The Balaban J connectivity index is 2.26. The van der Waals surface area contributed by atoms with Gasteiger partial charge in [-0.25, -0.2) is 0 Å². The van der Waals surface area contributed by atoms with Crippen LogP contribution in [-0.4, -0.2) is 30.3 Å². The molecule has 2 heteroatoms. The zero-order chi connectivity index (χ0) is 18.2. The number of nitrogens with zero attached hydrogens (tertiary/aromatic N) is 1. The molecule has 1 nitrogen and oxygen atoms in total. The van der Waals surface area contributed by atoms with Gasteiger partial charge in [0, 0.05) is 12.3 Å². The Kier molecular flexibility index (Phi) is 8.05. The van der Waals surface area contributed by atoms with Crippen molar-refractivity contribution < 1.29 is 0 Å². The molecule has 25 heavy (non-hydrogen) atoms. The van der Waals surface area contributed by atoms with Gasteiger partial charge >= 0.3 is 0 Å². The van der Waals surface area contributed by atoms with Crippen molar-refractivity contribution >= 4 is 11.8 Å². The highest BCUT2D eigenvalue weighted by molar-refractivity contribution is 8.03. The fourth-order valence-corrected chi connectivity index (χ4v) is 4.29. The van der Waals surface area contributed by atoms with Gasteiger partial charge in [-0.1, -0.05) is 37.3 Å². The number of likely N-dealkylation sites (tertiary alicyclic amines) is 1. The predicted molar refractivity (Wildman–Crippen MR) is 115 cm³/mol. The van der Waals surface area contributed by atoms with Crippen molar-refractivity contribution in [1.82, 2.24) is 4.90 Å². The second kappa shape index (κ2) is 10.0. The van der Waals surface area contributed by atoms with Crippen molar-refractivity contribution in [2.45, 2.75) is 47.0 Å². The average Bonchev–Trinajstić information content (AvgIpc) is 3.10. The van der Waals surface area contributed by atoms with E-state index in [2.05, 4.69) is 69.6 Å². The Morgan fingerprint density at radius 1 is 1.28 bits per heavy atom. The topological polar surface area (TPSA) is 3.24 Å². The van der Waals surface area contributed by atoms with Crippen molar-refractivity contribution in [3.05, 3.63) is 69.7 Å². The van der Waals surface area contributed by atoms with Crippen LogP contribution in [0.5, 0.6) is 0 Å². The lowest BCUT2D eigenvalue weighted by atomic mass is 9.94. The molecule has 0 atom stereocenters. The fourth-order valence-electron chi connectivity index (χ4n) is 3.33. The molecule has 0 aliphatic carbocycles. The molecule has 0 aromatic rings. The quantitative estimate of drug-likeness (QED) is 0.483. The summed E-state index contributed by atoms with van der Waals surface area (Å²) in [5.41, 5.74) is 6.39. The molecule has 2 aliphatic heterocycles. The maximum absolute atomic E-state index is 4.18. The summed E-state index contributed by atoms with van der Waals surface area (Å²) in [6.45, 7) is 16.4. The zero-order valence-corrected chi connectivity index (χ0v) is 17.2. The van der Waals surface area contributed by atoms with Crippen molar-refractivity contribution in [3.8, 4) is 0 Å². The summed E-state index contributed by atoms with van der Waals surface area (Å²) in [5.74, 6) is 1.08. The largest absolute Gasteiger partial charge is 0.299 e. The lowest BCUT2D eigenvalue weighted by Crippen LogP contribution is -2.21. The maximum Gasteiger partial charge on any atom is 0.0293 e. The van der Waals surface area contributed by atoms with Gasteiger partial charge in [0.25, 0.3) is 0 Å². The van der Waals surface area contributed by atoms with E-state index in [1.165, 1.54) is 53.1 Å². The van der Waals surface area contributed by atoms with E-state index in [1.807, 2.05) is 11.8 Å². The molecule has 0 spiro atoms. The number of allylic oxidation sites excluding steroid dienone is 9. The molecule has 2 aliphatic rings. The standard InChI is InChI=1S/C23H33NS/c1-6-10-20(16-23(18(3)4)19(5)7-2)21-11-14-25-22(15-21)17-24-12-8-9-13-24/h7,10-11,15-16H,3,6,8-9,12-14,17H2,1-2,4-5H3/b19-7-,20-10+,23-16+. The molecule has 1 saturated heterocycles. The van der Waals surface area contributed by atoms with E-state index in [4.69, 9.17) is 0 Å². The lowest BCUT2D eigenvalue weighted by Gasteiger charge is -2.20. The first kappa shape index (κ1) is 20.1. The highest BCUT2D eigenvalue weighted by atomic mass is 32.2. The normalized spacial score (nSPS) is 20.6. The number of hydrogen-bond acceptors (Lipinski definition) is 2. The highest BCUT2D eigenvalue weighted by Crippen LogP contribution is 2.31. The van der Waals surface area contributed by atoms with Crippen LogP contribution in [0.1, 0.15) is 47.0 Å². The van der Waals surface area contributed by atoms with Crippen LogP contribution in [0.25, 0.3) is 0 Å². The predicted octanol–water partition coefficient (Wildman–Crippen LogP) is 6.44. The van der Waals surface area contributed by atoms with Gasteiger partial charge in [0.2, 0.25) is 0 Å². The molecule has 2 rings (SSSR count). The minimum atomic E-state index is 1.05. The molecule has 0 radical (unpaired) electrons. The molecule has 0 N–H and O–H groups in total. The minimum Gasteiger partial charge on any atom is -0.299 e. The van der Waals surface area contributed by atoms with Gasteiger partial charge < -0.3 is 0 Å². The molecule has 0 aromatic heterocycles. The Bertz CT molecular complexity index is 637. The van der Waals surface area contributed by atoms with Crippen molar-refractivity contribution in [2.24, 2.45) is 0 Å². The van der Waals surface area contributed by atoms with E-state index >= 15 is 0 Å². The van der Waals surface area contributed by atoms with Gasteiger partial charge in [0.15, 0.2) is 0 Å².